The summed E-state index contributed by atoms with van der Waals surface area (Å²) < 4.78 is 0. The maximum absolute atomic E-state index is 12.0. The first-order valence-corrected chi connectivity index (χ1v) is 6.97. The van der Waals surface area contributed by atoms with Crippen molar-refractivity contribution in [2.45, 2.75) is 32.1 Å². The van der Waals surface area contributed by atoms with E-state index in [1.54, 1.807) is 0 Å². The second kappa shape index (κ2) is 6.38. The Labute approximate surface area is 114 Å². The summed E-state index contributed by atoms with van der Waals surface area (Å²) in [5.41, 5.74) is 0.997. The molecule has 1 aromatic carbocycles. The molecule has 0 N–H and O–H groups in total. The van der Waals surface area contributed by atoms with Crippen molar-refractivity contribution in [3.8, 4) is 6.07 Å². The van der Waals surface area contributed by atoms with Crippen LogP contribution in [0.3, 0.4) is 0 Å². The Morgan fingerprint density at radius 2 is 2.16 bits per heavy atom. The van der Waals surface area contributed by atoms with Crippen LogP contribution in [0.5, 0.6) is 0 Å². The average Bonchev–Trinajstić information content (AvgIpc) is 2.77. The molecule has 0 saturated carbocycles. The van der Waals surface area contributed by atoms with Gasteiger partial charge in [0, 0.05) is 19.5 Å². The van der Waals surface area contributed by atoms with Crippen LogP contribution in [-0.2, 0) is 4.79 Å². The van der Waals surface area contributed by atoms with Gasteiger partial charge in [-0.25, -0.2) is 0 Å². The van der Waals surface area contributed by atoms with E-state index in [0.29, 0.717) is 18.9 Å². The van der Waals surface area contributed by atoms with Gasteiger partial charge < -0.3 is 4.90 Å². The Bertz CT molecular complexity index is 463. The molecule has 1 fully saturated rings. The monoisotopic (exact) mass is 256 g/mol. The lowest BCUT2D eigenvalue weighted by Gasteiger charge is -2.20. The first-order chi connectivity index (χ1) is 9.24. The maximum atomic E-state index is 12.0. The number of benzene rings is 1. The van der Waals surface area contributed by atoms with Crippen molar-refractivity contribution >= 4 is 5.91 Å². The standard InChI is InChI=1S/C16H20N2O/c1-2-6-13-9-16(19)18(11-13)12-15(10-17)14-7-4-3-5-8-14/h3-5,7-8,13,15H,2,6,9,11-12H2,1H3. The minimum atomic E-state index is -0.217. The van der Waals surface area contributed by atoms with E-state index < -0.39 is 0 Å². The molecule has 2 unspecified atom stereocenters. The summed E-state index contributed by atoms with van der Waals surface area (Å²) in [5, 5.41) is 9.31. The van der Waals surface area contributed by atoms with E-state index in [1.165, 1.54) is 0 Å². The third kappa shape index (κ3) is 3.35. The van der Waals surface area contributed by atoms with Gasteiger partial charge in [0.1, 0.15) is 0 Å². The molecule has 19 heavy (non-hydrogen) atoms. The molecule has 1 saturated heterocycles. The van der Waals surface area contributed by atoms with Crippen molar-refractivity contribution in [3.63, 3.8) is 0 Å². The first kappa shape index (κ1) is 13.6. The molecule has 0 radical (unpaired) electrons. The molecule has 0 aromatic heterocycles. The zero-order valence-electron chi connectivity index (χ0n) is 11.4. The topological polar surface area (TPSA) is 44.1 Å². The van der Waals surface area contributed by atoms with Crippen LogP contribution in [0.2, 0.25) is 0 Å². The maximum Gasteiger partial charge on any atom is 0.222 e. The number of likely N-dealkylation sites (tertiary alicyclic amines) is 1. The molecule has 2 rings (SSSR count). The van der Waals surface area contributed by atoms with Gasteiger partial charge in [0.2, 0.25) is 5.91 Å². The van der Waals surface area contributed by atoms with Crippen molar-refractivity contribution in [3.05, 3.63) is 35.9 Å². The highest BCUT2D eigenvalue weighted by atomic mass is 16.2. The predicted octanol–water partition coefficient (Wildman–Crippen LogP) is 2.94. The van der Waals surface area contributed by atoms with E-state index in [9.17, 15) is 10.1 Å². The summed E-state index contributed by atoms with van der Waals surface area (Å²) in [5.74, 6) is 0.466. The molecular weight excluding hydrogens is 236 g/mol. The van der Waals surface area contributed by atoms with Crippen LogP contribution >= 0.6 is 0 Å². The smallest absolute Gasteiger partial charge is 0.222 e. The number of nitrogens with zero attached hydrogens (tertiary/aromatic N) is 2. The molecule has 1 heterocycles. The molecule has 3 nitrogen and oxygen atoms in total. The van der Waals surface area contributed by atoms with Gasteiger partial charge in [-0.15, -0.1) is 0 Å². The van der Waals surface area contributed by atoms with E-state index in [2.05, 4.69) is 13.0 Å². The van der Waals surface area contributed by atoms with Gasteiger partial charge in [-0.2, -0.15) is 5.26 Å². The quantitative estimate of drug-likeness (QED) is 0.813. The zero-order chi connectivity index (χ0) is 13.7. The van der Waals surface area contributed by atoms with Gasteiger partial charge in [-0.3, -0.25) is 4.79 Å². The SMILES string of the molecule is CCCC1CC(=O)N(CC(C#N)c2ccccc2)C1. The van der Waals surface area contributed by atoms with E-state index >= 15 is 0 Å². The minimum Gasteiger partial charge on any atom is -0.341 e. The lowest BCUT2D eigenvalue weighted by Crippen LogP contribution is -2.29. The van der Waals surface area contributed by atoms with Crippen LogP contribution < -0.4 is 0 Å². The van der Waals surface area contributed by atoms with E-state index in [0.717, 1.165) is 24.9 Å². The number of nitriles is 1. The van der Waals surface area contributed by atoms with E-state index in [4.69, 9.17) is 0 Å². The van der Waals surface area contributed by atoms with Gasteiger partial charge >= 0.3 is 0 Å². The molecule has 0 bridgehead atoms. The fourth-order valence-corrected chi connectivity index (χ4v) is 2.76. The number of hydrogen-bond donors (Lipinski definition) is 0. The second-order valence-electron chi connectivity index (χ2n) is 5.25. The summed E-state index contributed by atoms with van der Waals surface area (Å²) in [7, 11) is 0. The van der Waals surface area contributed by atoms with Crippen LogP contribution in [-0.4, -0.2) is 23.9 Å². The number of amides is 1. The predicted molar refractivity (Wildman–Crippen MR) is 74.4 cm³/mol. The highest BCUT2D eigenvalue weighted by Crippen LogP contribution is 2.25. The molecule has 1 aliphatic heterocycles. The van der Waals surface area contributed by atoms with Crippen LogP contribution in [0.1, 0.15) is 37.7 Å². The second-order valence-corrected chi connectivity index (χ2v) is 5.25. The highest BCUT2D eigenvalue weighted by Gasteiger charge is 2.30. The molecule has 2 atom stereocenters. The summed E-state index contributed by atoms with van der Waals surface area (Å²) in [6.45, 7) is 3.49. The van der Waals surface area contributed by atoms with E-state index in [-0.39, 0.29) is 11.8 Å². The summed E-state index contributed by atoms with van der Waals surface area (Å²) in [4.78, 5) is 13.8. The Kier molecular flexibility index (Phi) is 4.57. The lowest BCUT2D eigenvalue weighted by molar-refractivity contribution is -0.127. The number of carbonyl (C=O) groups excluding carboxylic acids is 1. The molecule has 100 valence electrons. The third-order valence-electron chi connectivity index (χ3n) is 3.75. The molecule has 1 aliphatic rings. The average molecular weight is 256 g/mol. The van der Waals surface area contributed by atoms with Crippen LogP contribution in [0.4, 0.5) is 0 Å². The number of hydrogen-bond acceptors (Lipinski definition) is 2. The van der Waals surface area contributed by atoms with Crippen LogP contribution in [0, 0.1) is 17.2 Å². The summed E-state index contributed by atoms with van der Waals surface area (Å²) >= 11 is 0. The molecule has 1 aromatic rings. The third-order valence-corrected chi connectivity index (χ3v) is 3.75. The highest BCUT2D eigenvalue weighted by molar-refractivity contribution is 5.78. The van der Waals surface area contributed by atoms with Crippen molar-refractivity contribution in [1.82, 2.24) is 4.90 Å². The molecule has 1 amide bonds. The Hall–Kier alpha value is -1.82. The van der Waals surface area contributed by atoms with Crippen molar-refractivity contribution in [2.24, 2.45) is 5.92 Å². The largest absolute Gasteiger partial charge is 0.341 e. The van der Waals surface area contributed by atoms with Gasteiger partial charge in [0.05, 0.1) is 12.0 Å². The van der Waals surface area contributed by atoms with Crippen LogP contribution in [0.25, 0.3) is 0 Å². The van der Waals surface area contributed by atoms with Crippen molar-refractivity contribution < 1.29 is 4.79 Å². The number of carbonyl (C=O) groups is 1. The zero-order valence-corrected chi connectivity index (χ0v) is 11.4. The molecule has 0 spiro atoms. The molecule has 3 heteroatoms. The Balaban J connectivity index is 2.00. The van der Waals surface area contributed by atoms with Gasteiger partial charge in [-0.05, 0) is 17.9 Å². The minimum absolute atomic E-state index is 0.203. The van der Waals surface area contributed by atoms with E-state index in [1.807, 2.05) is 35.2 Å². The van der Waals surface area contributed by atoms with Gasteiger partial charge in [-0.1, -0.05) is 43.7 Å². The Morgan fingerprint density at radius 3 is 2.79 bits per heavy atom. The number of rotatable bonds is 5. The van der Waals surface area contributed by atoms with Crippen molar-refractivity contribution in [2.75, 3.05) is 13.1 Å². The molecule has 0 aliphatic carbocycles. The fraction of sp³-hybridized carbons (Fsp3) is 0.500. The summed E-state index contributed by atoms with van der Waals surface area (Å²) in [6.07, 6.45) is 2.87. The van der Waals surface area contributed by atoms with Crippen molar-refractivity contribution in [1.29, 1.82) is 5.26 Å². The molecular formula is C16H20N2O. The van der Waals surface area contributed by atoms with Gasteiger partial charge in [0.15, 0.2) is 0 Å². The summed E-state index contributed by atoms with van der Waals surface area (Å²) in [6, 6.07) is 12.0. The fourth-order valence-electron chi connectivity index (χ4n) is 2.76. The Morgan fingerprint density at radius 1 is 1.42 bits per heavy atom. The van der Waals surface area contributed by atoms with Gasteiger partial charge in [0.25, 0.3) is 0 Å². The first-order valence-electron chi connectivity index (χ1n) is 6.97. The lowest BCUT2D eigenvalue weighted by atomic mass is 10.00. The van der Waals surface area contributed by atoms with Crippen LogP contribution in [0.15, 0.2) is 30.3 Å². The normalized spacial score (nSPS) is 20.3.